The first kappa shape index (κ1) is 13.5. The molecule has 2 aromatic heterocycles. The van der Waals surface area contributed by atoms with Gasteiger partial charge in [-0.1, -0.05) is 6.92 Å². The largest absolute Gasteiger partial charge is 0.317 e. The molecule has 0 fully saturated rings. The van der Waals surface area contributed by atoms with Crippen molar-refractivity contribution in [2.45, 2.75) is 27.2 Å². The van der Waals surface area contributed by atoms with Crippen molar-refractivity contribution < 1.29 is 0 Å². The van der Waals surface area contributed by atoms with E-state index >= 15 is 0 Å². The molecule has 100 valence electrons. The Morgan fingerprint density at radius 1 is 1.16 bits per heavy atom. The van der Waals surface area contributed by atoms with Gasteiger partial charge in [0.05, 0.1) is 0 Å². The molecule has 0 aliphatic rings. The standard InChI is InChI=1S/C14H19N5/c1-4-15-7-5-12-10(2)18-14(19-11(12)3)13-6-8-16-9-17-13/h6,8-9,15H,4-5,7H2,1-3H3. The fourth-order valence-electron chi connectivity index (χ4n) is 2.03. The number of likely N-dealkylation sites (N-methyl/N-ethyl adjacent to an activating group) is 1. The maximum atomic E-state index is 4.55. The van der Waals surface area contributed by atoms with E-state index in [1.54, 1.807) is 6.20 Å². The van der Waals surface area contributed by atoms with E-state index in [9.17, 15) is 0 Å². The van der Waals surface area contributed by atoms with Gasteiger partial charge in [0.1, 0.15) is 12.0 Å². The topological polar surface area (TPSA) is 63.6 Å². The number of nitrogens with one attached hydrogen (secondary N) is 1. The van der Waals surface area contributed by atoms with Gasteiger partial charge in [-0.3, -0.25) is 0 Å². The normalized spacial score (nSPS) is 10.7. The molecule has 0 saturated heterocycles. The summed E-state index contributed by atoms with van der Waals surface area (Å²) in [5, 5.41) is 3.32. The molecule has 19 heavy (non-hydrogen) atoms. The molecule has 0 unspecified atom stereocenters. The Morgan fingerprint density at radius 3 is 2.47 bits per heavy atom. The van der Waals surface area contributed by atoms with Crippen molar-refractivity contribution in [3.63, 3.8) is 0 Å². The van der Waals surface area contributed by atoms with Crippen LogP contribution in [0.2, 0.25) is 0 Å². The molecule has 2 heterocycles. The lowest BCUT2D eigenvalue weighted by Gasteiger charge is -2.10. The van der Waals surface area contributed by atoms with Crippen LogP contribution in [-0.4, -0.2) is 33.0 Å². The summed E-state index contributed by atoms with van der Waals surface area (Å²) >= 11 is 0. The fraction of sp³-hybridized carbons (Fsp3) is 0.429. The zero-order valence-electron chi connectivity index (χ0n) is 11.6. The Balaban J connectivity index is 2.26. The summed E-state index contributed by atoms with van der Waals surface area (Å²) in [5.74, 6) is 0.671. The third kappa shape index (κ3) is 3.32. The Hall–Kier alpha value is -1.88. The Morgan fingerprint density at radius 2 is 1.89 bits per heavy atom. The lowest BCUT2D eigenvalue weighted by molar-refractivity contribution is 0.708. The number of aromatic nitrogens is 4. The molecule has 0 atom stereocenters. The SMILES string of the molecule is CCNCCc1c(C)nc(-c2ccncn2)nc1C. The molecule has 1 N–H and O–H groups in total. The van der Waals surface area contributed by atoms with Crippen molar-refractivity contribution in [1.29, 1.82) is 0 Å². The van der Waals surface area contributed by atoms with E-state index in [1.807, 2.05) is 19.9 Å². The molecular weight excluding hydrogens is 238 g/mol. The van der Waals surface area contributed by atoms with Gasteiger partial charge < -0.3 is 5.32 Å². The first-order valence-electron chi connectivity index (χ1n) is 6.53. The Kier molecular flexibility index (Phi) is 4.52. The summed E-state index contributed by atoms with van der Waals surface area (Å²) < 4.78 is 0. The van der Waals surface area contributed by atoms with E-state index in [1.165, 1.54) is 11.9 Å². The monoisotopic (exact) mass is 257 g/mol. The maximum Gasteiger partial charge on any atom is 0.178 e. The quantitative estimate of drug-likeness (QED) is 0.826. The first-order chi connectivity index (χ1) is 9.22. The average Bonchev–Trinajstić information content (AvgIpc) is 2.43. The number of hydrogen-bond donors (Lipinski definition) is 1. The van der Waals surface area contributed by atoms with Crippen molar-refractivity contribution in [3.05, 3.63) is 35.5 Å². The third-order valence-electron chi connectivity index (χ3n) is 3.03. The van der Waals surface area contributed by atoms with Gasteiger partial charge in [0.2, 0.25) is 0 Å². The number of hydrogen-bond acceptors (Lipinski definition) is 5. The molecule has 0 saturated carbocycles. The molecule has 0 radical (unpaired) electrons. The van der Waals surface area contributed by atoms with Crippen LogP contribution < -0.4 is 5.32 Å². The highest BCUT2D eigenvalue weighted by molar-refractivity contribution is 5.49. The van der Waals surface area contributed by atoms with Crippen LogP contribution in [0.25, 0.3) is 11.5 Å². The summed E-state index contributed by atoms with van der Waals surface area (Å²) in [4.78, 5) is 17.2. The van der Waals surface area contributed by atoms with Crippen LogP contribution in [0.15, 0.2) is 18.6 Å². The summed E-state index contributed by atoms with van der Waals surface area (Å²) in [6, 6.07) is 1.83. The van der Waals surface area contributed by atoms with E-state index in [4.69, 9.17) is 0 Å². The summed E-state index contributed by atoms with van der Waals surface area (Å²) in [5.41, 5.74) is 4.04. The molecule has 0 aliphatic carbocycles. The minimum atomic E-state index is 0.671. The van der Waals surface area contributed by atoms with Gasteiger partial charge >= 0.3 is 0 Å². The van der Waals surface area contributed by atoms with Crippen LogP contribution in [-0.2, 0) is 6.42 Å². The molecule has 0 bridgehead atoms. The number of rotatable bonds is 5. The van der Waals surface area contributed by atoms with E-state index < -0.39 is 0 Å². The average molecular weight is 257 g/mol. The van der Waals surface area contributed by atoms with Crippen LogP contribution in [0.1, 0.15) is 23.9 Å². The number of aryl methyl sites for hydroxylation is 2. The van der Waals surface area contributed by atoms with Crippen LogP contribution >= 0.6 is 0 Å². The van der Waals surface area contributed by atoms with Gasteiger partial charge in [0, 0.05) is 17.6 Å². The second-order valence-corrected chi connectivity index (χ2v) is 4.39. The van der Waals surface area contributed by atoms with Crippen LogP contribution in [0.4, 0.5) is 0 Å². The molecule has 2 rings (SSSR count). The van der Waals surface area contributed by atoms with Gasteiger partial charge in [0.15, 0.2) is 5.82 Å². The van der Waals surface area contributed by atoms with Crippen molar-refractivity contribution in [2.24, 2.45) is 0 Å². The molecule has 5 nitrogen and oxygen atoms in total. The fourth-order valence-corrected chi connectivity index (χ4v) is 2.03. The van der Waals surface area contributed by atoms with Gasteiger partial charge in [-0.25, -0.2) is 19.9 Å². The van der Waals surface area contributed by atoms with Gasteiger partial charge in [0.25, 0.3) is 0 Å². The molecule has 0 aromatic carbocycles. The first-order valence-corrected chi connectivity index (χ1v) is 6.53. The Labute approximate surface area is 113 Å². The van der Waals surface area contributed by atoms with Gasteiger partial charge in [-0.05, 0) is 45.0 Å². The lowest BCUT2D eigenvalue weighted by Crippen LogP contribution is -2.17. The smallest absolute Gasteiger partial charge is 0.178 e. The third-order valence-corrected chi connectivity index (χ3v) is 3.03. The molecule has 0 spiro atoms. The molecule has 0 aliphatic heterocycles. The maximum absolute atomic E-state index is 4.55. The van der Waals surface area contributed by atoms with E-state index in [0.717, 1.165) is 36.6 Å². The van der Waals surface area contributed by atoms with E-state index in [2.05, 4.69) is 32.2 Å². The van der Waals surface area contributed by atoms with Crippen LogP contribution in [0, 0.1) is 13.8 Å². The van der Waals surface area contributed by atoms with Crippen molar-refractivity contribution in [1.82, 2.24) is 25.3 Å². The van der Waals surface area contributed by atoms with Crippen molar-refractivity contribution >= 4 is 0 Å². The minimum absolute atomic E-state index is 0.671. The second kappa shape index (κ2) is 6.33. The van der Waals surface area contributed by atoms with Gasteiger partial charge in [-0.2, -0.15) is 0 Å². The highest BCUT2D eigenvalue weighted by atomic mass is 14.9. The van der Waals surface area contributed by atoms with Crippen molar-refractivity contribution in [2.75, 3.05) is 13.1 Å². The lowest BCUT2D eigenvalue weighted by atomic mass is 10.1. The molecule has 5 heteroatoms. The highest BCUT2D eigenvalue weighted by Gasteiger charge is 2.10. The van der Waals surface area contributed by atoms with E-state index in [-0.39, 0.29) is 0 Å². The minimum Gasteiger partial charge on any atom is -0.317 e. The predicted molar refractivity (Wildman–Crippen MR) is 74.8 cm³/mol. The summed E-state index contributed by atoms with van der Waals surface area (Å²) in [6.07, 6.45) is 4.17. The second-order valence-electron chi connectivity index (χ2n) is 4.39. The predicted octanol–water partition coefficient (Wildman–Crippen LogP) is 1.70. The zero-order chi connectivity index (χ0) is 13.7. The summed E-state index contributed by atoms with van der Waals surface area (Å²) in [7, 11) is 0. The summed E-state index contributed by atoms with van der Waals surface area (Å²) in [6.45, 7) is 8.10. The van der Waals surface area contributed by atoms with Crippen molar-refractivity contribution in [3.8, 4) is 11.5 Å². The molecule has 2 aromatic rings. The highest BCUT2D eigenvalue weighted by Crippen LogP contribution is 2.16. The zero-order valence-corrected chi connectivity index (χ0v) is 11.6. The van der Waals surface area contributed by atoms with Gasteiger partial charge in [-0.15, -0.1) is 0 Å². The Bertz CT molecular complexity index is 516. The van der Waals surface area contributed by atoms with Crippen LogP contribution in [0.5, 0.6) is 0 Å². The molecular formula is C14H19N5. The number of nitrogens with zero attached hydrogens (tertiary/aromatic N) is 4. The van der Waals surface area contributed by atoms with E-state index in [0.29, 0.717) is 5.82 Å². The van der Waals surface area contributed by atoms with Crippen LogP contribution in [0.3, 0.4) is 0 Å². The molecule has 0 amide bonds.